The molecule has 3 rings (SSSR count). The molecule has 0 bridgehead atoms. The number of nitrogens with zero attached hydrogens (tertiary/aromatic N) is 1. The second-order valence-corrected chi connectivity index (χ2v) is 6.71. The molecule has 0 aromatic heterocycles. The standard InChI is InChI=1S/C20H20F2N2O3/c1-12-5-4-6-13(2)17(12)27-10-9-24-18(25)20(3,23-19(24)26)15-11-14(21)7-8-16(15)22/h4-8,11H,9-10H2,1-3H3,(H,23,26). The summed E-state index contributed by atoms with van der Waals surface area (Å²) in [6.07, 6.45) is 0. The van der Waals surface area contributed by atoms with Gasteiger partial charge in [0.25, 0.3) is 5.91 Å². The van der Waals surface area contributed by atoms with Gasteiger partial charge >= 0.3 is 6.03 Å². The van der Waals surface area contributed by atoms with E-state index in [0.29, 0.717) is 5.75 Å². The van der Waals surface area contributed by atoms with Crippen LogP contribution in [0, 0.1) is 25.5 Å². The summed E-state index contributed by atoms with van der Waals surface area (Å²) in [5, 5.41) is 2.46. The summed E-state index contributed by atoms with van der Waals surface area (Å²) in [7, 11) is 0. The smallest absolute Gasteiger partial charge is 0.325 e. The summed E-state index contributed by atoms with van der Waals surface area (Å²) in [5.41, 5.74) is 0.0127. The number of carbonyl (C=O) groups is 2. The molecular weight excluding hydrogens is 354 g/mol. The van der Waals surface area contributed by atoms with Gasteiger partial charge in [-0.25, -0.2) is 13.6 Å². The zero-order valence-corrected chi connectivity index (χ0v) is 15.3. The minimum absolute atomic E-state index is 0.00896. The number of imide groups is 1. The molecule has 1 heterocycles. The summed E-state index contributed by atoms with van der Waals surface area (Å²) in [5.74, 6) is -1.40. The third-order valence-electron chi connectivity index (χ3n) is 4.71. The number of urea groups is 1. The molecule has 1 atom stereocenters. The van der Waals surface area contributed by atoms with Crippen molar-refractivity contribution in [3.8, 4) is 5.75 Å². The van der Waals surface area contributed by atoms with Crippen molar-refractivity contribution < 1.29 is 23.1 Å². The Balaban J connectivity index is 1.75. The number of ether oxygens (including phenoxy) is 1. The third kappa shape index (κ3) is 3.37. The molecule has 1 fully saturated rings. The molecule has 0 saturated carbocycles. The van der Waals surface area contributed by atoms with Gasteiger partial charge in [0.05, 0.1) is 6.54 Å². The van der Waals surface area contributed by atoms with Crippen molar-refractivity contribution in [2.45, 2.75) is 26.3 Å². The Morgan fingerprint density at radius 1 is 1.11 bits per heavy atom. The molecule has 2 aromatic carbocycles. The van der Waals surface area contributed by atoms with Crippen molar-refractivity contribution in [2.24, 2.45) is 0 Å². The minimum Gasteiger partial charge on any atom is -0.491 e. The summed E-state index contributed by atoms with van der Waals surface area (Å²) in [4.78, 5) is 26.0. The maximum Gasteiger partial charge on any atom is 0.325 e. The van der Waals surface area contributed by atoms with Gasteiger partial charge in [-0.05, 0) is 50.1 Å². The first-order valence-corrected chi connectivity index (χ1v) is 8.52. The van der Waals surface area contributed by atoms with Crippen LogP contribution in [0.15, 0.2) is 36.4 Å². The van der Waals surface area contributed by atoms with Crippen LogP contribution in [0.3, 0.4) is 0 Å². The second-order valence-electron chi connectivity index (χ2n) is 6.71. The minimum atomic E-state index is -1.66. The first-order valence-electron chi connectivity index (χ1n) is 8.52. The first-order chi connectivity index (χ1) is 12.7. The van der Waals surface area contributed by atoms with Crippen molar-refractivity contribution >= 4 is 11.9 Å². The molecule has 7 heteroatoms. The highest BCUT2D eigenvalue weighted by molar-refractivity contribution is 6.07. The van der Waals surface area contributed by atoms with Gasteiger partial charge in [0.1, 0.15) is 29.5 Å². The fraction of sp³-hybridized carbons (Fsp3) is 0.300. The maximum absolute atomic E-state index is 14.1. The monoisotopic (exact) mass is 374 g/mol. The molecule has 5 nitrogen and oxygen atoms in total. The number of hydrogen-bond donors (Lipinski definition) is 1. The number of rotatable bonds is 5. The van der Waals surface area contributed by atoms with Crippen molar-refractivity contribution in [3.05, 3.63) is 64.7 Å². The largest absolute Gasteiger partial charge is 0.491 e. The average Bonchev–Trinajstić information content (AvgIpc) is 2.83. The van der Waals surface area contributed by atoms with Crippen molar-refractivity contribution in [1.82, 2.24) is 10.2 Å². The van der Waals surface area contributed by atoms with E-state index in [4.69, 9.17) is 4.74 Å². The molecule has 3 amide bonds. The van der Waals surface area contributed by atoms with Crippen LogP contribution in [0.4, 0.5) is 13.6 Å². The Bertz CT molecular complexity index is 896. The molecule has 1 aliphatic heterocycles. The highest BCUT2D eigenvalue weighted by Gasteiger charge is 2.50. The topological polar surface area (TPSA) is 58.6 Å². The molecule has 1 unspecified atom stereocenters. The number of amides is 3. The lowest BCUT2D eigenvalue weighted by Crippen LogP contribution is -2.42. The number of benzene rings is 2. The molecule has 0 spiro atoms. The number of nitrogens with one attached hydrogen (secondary N) is 1. The highest BCUT2D eigenvalue weighted by atomic mass is 19.1. The number of aryl methyl sites for hydroxylation is 2. The highest BCUT2D eigenvalue weighted by Crippen LogP contribution is 2.31. The SMILES string of the molecule is Cc1cccc(C)c1OCCN1C(=O)NC(C)(c2cc(F)ccc2F)C1=O. The van der Waals surface area contributed by atoms with E-state index in [2.05, 4.69) is 5.32 Å². The molecule has 2 aromatic rings. The molecule has 142 valence electrons. The van der Waals surface area contributed by atoms with Gasteiger partial charge in [0.2, 0.25) is 0 Å². The van der Waals surface area contributed by atoms with Crippen molar-refractivity contribution in [3.63, 3.8) is 0 Å². The fourth-order valence-corrected chi connectivity index (χ4v) is 3.23. The lowest BCUT2D eigenvalue weighted by atomic mass is 9.91. The van der Waals surface area contributed by atoms with Crippen LogP contribution in [-0.4, -0.2) is 30.0 Å². The third-order valence-corrected chi connectivity index (χ3v) is 4.71. The van der Waals surface area contributed by atoms with Crippen LogP contribution in [0.25, 0.3) is 0 Å². The maximum atomic E-state index is 14.1. The zero-order valence-electron chi connectivity index (χ0n) is 15.3. The molecule has 1 aliphatic rings. The number of carbonyl (C=O) groups excluding carboxylic acids is 2. The van der Waals surface area contributed by atoms with Crippen LogP contribution in [0.2, 0.25) is 0 Å². The second kappa shape index (κ2) is 6.98. The lowest BCUT2D eigenvalue weighted by molar-refractivity contribution is -0.131. The summed E-state index contributed by atoms with van der Waals surface area (Å²) in [6, 6.07) is 7.86. The summed E-state index contributed by atoms with van der Waals surface area (Å²) >= 11 is 0. The van der Waals surface area contributed by atoms with Gasteiger partial charge in [-0.2, -0.15) is 0 Å². The number of halogens is 2. The first kappa shape index (κ1) is 18.8. The van der Waals surface area contributed by atoms with Crippen LogP contribution in [0.5, 0.6) is 5.75 Å². The van der Waals surface area contributed by atoms with Gasteiger partial charge in [0, 0.05) is 5.56 Å². The summed E-state index contributed by atoms with van der Waals surface area (Å²) in [6.45, 7) is 5.24. The Hall–Kier alpha value is -2.96. The van der Waals surface area contributed by atoms with E-state index in [-0.39, 0.29) is 18.7 Å². The van der Waals surface area contributed by atoms with Crippen LogP contribution >= 0.6 is 0 Å². The molecule has 0 aliphatic carbocycles. The van der Waals surface area contributed by atoms with Crippen molar-refractivity contribution in [1.29, 1.82) is 0 Å². The Labute approximate surface area is 155 Å². The Morgan fingerprint density at radius 3 is 2.44 bits per heavy atom. The van der Waals surface area contributed by atoms with E-state index in [0.717, 1.165) is 34.2 Å². The van der Waals surface area contributed by atoms with Gasteiger partial charge in [0.15, 0.2) is 0 Å². The number of para-hydroxylation sites is 1. The van der Waals surface area contributed by atoms with E-state index >= 15 is 0 Å². The molecule has 27 heavy (non-hydrogen) atoms. The molecule has 1 saturated heterocycles. The van der Waals surface area contributed by atoms with Crippen LogP contribution in [0.1, 0.15) is 23.6 Å². The van der Waals surface area contributed by atoms with Gasteiger partial charge in [-0.15, -0.1) is 0 Å². The number of hydrogen-bond acceptors (Lipinski definition) is 3. The van der Waals surface area contributed by atoms with Gasteiger partial charge in [-0.1, -0.05) is 18.2 Å². The van der Waals surface area contributed by atoms with E-state index in [1.54, 1.807) is 0 Å². The quantitative estimate of drug-likeness (QED) is 0.816. The Morgan fingerprint density at radius 2 is 1.78 bits per heavy atom. The molecule has 0 radical (unpaired) electrons. The van der Waals surface area contributed by atoms with Crippen molar-refractivity contribution in [2.75, 3.05) is 13.2 Å². The molecular formula is C20H20F2N2O3. The lowest BCUT2D eigenvalue weighted by Gasteiger charge is -2.23. The average molecular weight is 374 g/mol. The zero-order chi connectivity index (χ0) is 19.8. The van der Waals surface area contributed by atoms with Crippen LogP contribution in [-0.2, 0) is 10.3 Å². The fourth-order valence-electron chi connectivity index (χ4n) is 3.23. The Kier molecular flexibility index (Phi) is 4.87. The van der Waals surface area contributed by atoms with E-state index in [1.165, 1.54) is 6.92 Å². The normalized spacial score (nSPS) is 19.4. The van der Waals surface area contributed by atoms with Crippen LogP contribution < -0.4 is 10.1 Å². The van der Waals surface area contributed by atoms with E-state index < -0.39 is 29.1 Å². The van der Waals surface area contributed by atoms with Gasteiger partial charge in [-0.3, -0.25) is 9.69 Å². The summed E-state index contributed by atoms with van der Waals surface area (Å²) < 4.78 is 33.4. The predicted molar refractivity (Wildman–Crippen MR) is 95.4 cm³/mol. The molecule has 1 N–H and O–H groups in total. The van der Waals surface area contributed by atoms with E-state index in [9.17, 15) is 18.4 Å². The van der Waals surface area contributed by atoms with Gasteiger partial charge < -0.3 is 10.1 Å². The predicted octanol–water partition coefficient (Wildman–Crippen LogP) is 3.43. The van der Waals surface area contributed by atoms with E-state index in [1.807, 2.05) is 32.0 Å².